The van der Waals surface area contributed by atoms with E-state index >= 15 is 0 Å². The molecule has 0 N–H and O–H groups in total. The summed E-state index contributed by atoms with van der Waals surface area (Å²) in [6.07, 6.45) is 1.47. The van der Waals surface area contributed by atoms with Crippen molar-refractivity contribution in [2.45, 2.75) is 27.7 Å². The van der Waals surface area contributed by atoms with E-state index < -0.39 is 48.0 Å². The summed E-state index contributed by atoms with van der Waals surface area (Å²) in [7, 11) is -1.00. The molecule has 0 spiro atoms. The smallest absolute Gasteiger partial charge is 0.333 e. The first kappa shape index (κ1) is 34.0. The van der Waals surface area contributed by atoms with E-state index in [-0.39, 0.29) is 35.6 Å². The predicted octanol–water partition coefficient (Wildman–Crippen LogP) is 6.70. The zero-order valence-electron chi connectivity index (χ0n) is 22.0. The Morgan fingerprint density at radius 2 is 1.16 bits per heavy atom. The summed E-state index contributed by atoms with van der Waals surface area (Å²) >= 11 is 0. The molecule has 2 aromatic rings. The molecule has 0 bridgehead atoms. The molecule has 0 aliphatic rings. The molecule has 0 unspecified atom stereocenters. The van der Waals surface area contributed by atoms with Gasteiger partial charge in [0.25, 0.3) is 0 Å². The Labute approximate surface area is 217 Å². The van der Waals surface area contributed by atoms with E-state index in [4.69, 9.17) is 6.11 Å². The lowest BCUT2D eigenvalue weighted by atomic mass is 10.1. The maximum atomic E-state index is 12.9. The van der Waals surface area contributed by atoms with Crippen LogP contribution in [0.2, 0.25) is 0 Å². The van der Waals surface area contributed by atoms with E-state index in [1.807, 2.05) is 0 Å². The fraction of sp³-hybridized carbons (Fsp3) is 0.269. The van der Waals surface area contributed by atoms with Crippen LogP contribution in [0, 0.1) is 34.9 Å². The second-order valence-corrected chi connectivity index (χ2v) is 6.76. The standard InChI is InChI=1S/C12H11F3O2.C7H3F3O.C6H10O2.CH3F/c1-3-17-12(16)7(2)4-8-5-9(13)11(15)10(14)6-8;8-5-1-4(3-11)2-6(9)7(5)10;1-4-8-6(7)5(2)3;1-2/h4-6H,3H2,1-2H3;1-3H;2,4H2,1,3H3;1H3/b7-4+;;;/i;;;1D. The Bertz CT molecular complexity index is 1110. The minimum atomic E-state index is -1.56. The average molecular weight is 553 g/mol. The average Bonchev–Trinajstić information content (AvgIpc) is 2.87. The van der Waals surface area contributed by atoms with E-state index in [0.29, 0.717) is 24.3 Å². The van der Waals surface area contributed by atoms with E-state index in [1.54, 1.807) is 20.8 Å². The lowest BCUT2D eigenvalue weighted by molar-refractivity contribution is -0.139. The summed E-state index contributed by atoms with van der Waals surface area (Å²) in [4.78, 5) is 31.6. The molecule has 0 heterocycles. The number of rotatable bonds is 6. The van der Waals surface area contributed by atoms with Crippen molar-refractivity contribution in [2.24, 2.45) is 0 Å². The lowest BCUT2D eigenvalue weighted by Crippen LogP contribution is -2.05. The van der Waals surface area contributed by atoms with E-state index in [0.717, 1.165) is 12.1 Å². The number of esters is 2. The van der Waals surface area contributed by atoms with Crippen LogP contribution in [-0.2, 0) is 19.1 Å². The first-order valence-corrected chi connectivity index (χ1v) is 10.5. The van der Waals surface area contributed by atoms with Gasteiger partial charge in [0.05, 0.1) is 21.7 Å². The van der Waals surface area contributed by atoms with Crippen molar-refractivity contribution in [2.75, 3.05) is 20.4 Å². The monoisotopic (exact) mass is 553 g/mol. The van der Waals surface area contributed by atoms with Crippen LogP contribution in [-0.4, -0.2) is 38.6 Å². The lowest BCUT2D eigenvalue weighted by Gasteiger charge is -2.02. The topological polar surface area (TPSA) is 69.7 Å². The zero-order valence-corrected chi connectivity index (χ0v) is 21.0. The molecule has 5 nitrogen and oxygen atoms in total. The van der Waals surface area contributed by atoms with Crippen LogP contribution in [0.25, 0.3) is 6.08 Å². The van der Waals surface area contributed by atoms with Gasteiger partial charge >= 0.3 is 11.9 Å². The van der Waals surface area contributed by atoms with Crippen molar-refractivity contribution in [1.29, 1.82) is 0 Å². The molecule has 2 rings (SSSR count). The van der Waals surface area contributed by atoms with Crippen LogP contribution in [0.15, 0.2) is 42.0 Å². The Kier molecular flexibility index (Phi) is 17.2. The van der Waals surface area contributed by atoms with Crippen molar-refractivity contribution >= 4 is 24.3 Å². The molecule has 210 valence electrons. The van der Waals surface area contributed by atoms with Gasteiger partial charge in [0.2, 0.25) is 0 Å². The van der Waals surface area contributed by atoms with Crippen molar-refractivity contribution in [1.82, 2.24) is 0 Å². The number of halogens is 7. The molecular weight excluding hydrogens is 525 g/mol. The van der Waals surface area contributed by atoms with E-state index in [1.165, 1.54) is 13.0 Å². The van der Waals surface area contributed by atoms with Crippen LogP contribution >= 0.6 is 0 Å². The Hall–Kier alpha value is -3.96. The van der Waals surface area contributed by atoms with Crippen LogP contribution in [0.3, 0.4) is 0 Å². The molecule has 0 aliphatic carbocycles. The van der Waals surface area contributed by atoms with Crippen molar-refractivity contribution in [3.63, 3.8) is 0 Å². The predicted molar refractivity (Wildman–Crippen MR) is 127 cm³/mol. The maximum absolute atomic E-state index is 12.9. The summed E-state index contributed by atoms with van der Waals surface area (Å²) in [6.45, 7) is 10.5. The fourth-order valence-electron chi connectivity index (χ4n) is 2.11. The zero-order chi connectivity index (χ0) is 30.7. The van der Waals surface area contributed by atoms with Crippen LogP contribution in [0.4, 0.5) is 30.7 Å². The van der Waals surface area contributed by atoms with Crippen LogP contribution in [0.1, 0.15) is 45.0 Å². The van der Waals surface area contributed by atoms with Crippen LogP contribution < -0.4 is 0 Å². The summed E-state index contributed by atoms with van der Waals surface area (Å²) in [5.74, 6) is -9.29. The highest BCUT2D eigenvalue weighted by molar-refractivity contribution is 5.93. The molecule has 0 radical (unpaired) electrons. The van der Waals surface area contributed by atoms with Gasteiger partial charge in [-0.3, -0.25) is 9.18 Å². The third-order valence-corrected chi connectivity index (χ3v) is 3.75. The Morgan fingerprint density at radius 3 is 1.45 bits per heavy atom. The van der Waals surface area contributed by atoms with Gasteiger partial charge in [0.1, 0.15) is 6.29 Å². The van der Waals surface area contributed by atoms with Gasteiger partial charge < -0.3 is 9.47 Å². The Balaban J connectivity index is 0. The van der Waals surface area contributed by atoms with Gasteiger partial charge in [0, 0.05) is 16.7 Å². The highest BCUT2D eigenvalue weighted by Crippen LogP contribution is 2.16. The molecule has 0 atom stereocenters. The normalized spacial score (nSPS) is 10.2. The van der Waals surface area contributed by atoms with Crippen LogP contribution in [0.5, 0.6) is 0 Å². The first-order chi connectivity index (χ1) is 18.2. The number of hydrogen-bond acceptors (Lipinski definition) is 5. The molecule has 2 aromatic carbocycles. The van der Waals surface area contributed by atoms with Crippen molar-refractivity contribution in [3.05, 3.63) is 88.0 Å². The second-order valence-electron chi connectivity index (χ2n) is 6.76. The molecule has 0 saturated carbocycles. The van der Waals surface area contributed by atoms with Gasteiger partial charge in [-0.25, -0.2) is 35.9 Å². The third-order valence-electron chi connectivity index (χ3n) is 3.75. The summed E-state index contributed by atoms with van der Waals surface area (Å²) < 4.78 is 99.9. The summed E-state index contributed by atoms with van der Waals surface area (Å²) in [5.41, 5.74) is 0.470. The first-order valence-electron chi connectivity index (χ1n) is 11.2. The van der Waals surface area contributed by atoms with E-state index in [9.17, 15) is 45.1 Å². The summed E-state index contributed by atoms with van der Waals surface area (Å²) in [6, 6.07) is 2.87. The van der Waals surface area contributed by atoms with Gasteiger partial charge in [0.15, 0.2) is 34.9 Å². The molecule has 38 heavy (non-hydrogen) atoms. The molecule has 0 aliphatic heterocycles. The number of hydrogen-bond donors (Lipinski definition) is 0. The second kappa shape index (κ2) is 19.2. The van der Waals surface area contributed by atoms with Gasteiger partial charge in [-0.15, -0.1) is 0 Å². The number of alkyl halides is 1. The quantitative estimate of drug-likeness (QED) is 0.131. The molecule has 0 saturated heterocycles. The third kappa shape index (κ3) is 13.4. The fourth-order valence-corrected chi connectivity index (χ4v) is 2.11. The van der Waals surface area contributed by atoms with Gasteiger partial charge in [-0.2, -0.15) is 0 Å². The molecule has 0 fully saturated rings. The molecule has 0 amide bonds. The number of benzene rings is 2. The van der Waals surface area contributed by atoms with Crippen molar-refractivity contribution in [3.8, 4) is 0 Å². The number of carbonyl (C=O) groups is 3. The number of ether oxygens (including phenoxy) is 2. The molecular formula is C26H27F7O5. The summed E-state index contributed by atoms with van der Waals surface area (Å²) in [5, 5.41) is 0. The van der Waals surface area contributed by atoms with Gasteiger partial charge in [-0.1, -0.05) is 6.58 Å². The Morgan fingerprint density at radius 1 is 0.816 bits per heavy atom. The van der Waals surface area contributed by atoms with Crippen molar-refractivity contribution < 1.29 is 56.0 Å². The highest BCUT2D eigenvalue weighted by atomic mass is 19.2. The van der Waals surface area contributed by atoms with Gasteiger partial charge in [-0.05, 0) is 63.6 Å². The minimum Gasteiger partial charge on any atom is -0.463 e. The highest BCUT2D eigenvalue weighted by Gasteiger charge is 2.11. The van der Waals surface area contributed by atoms with E-state index in [2.05, 4.69) is 11.3 Å². The minimum absolute atomic E-state index is 0.0620. The number of aldehydes is 1. The maximum Gasteiger partial charge on any atom is 0.333 e. The molecule has 0 aromatic heterocycles. The molecule has 12 heteroatoms. The number of carbonyl (C=O) groups excluding carboxylic acids is 3. The SMILES string of the molecule is C=C(C)C(=O)OCC.CCOC(=O)/C(C)=C/c1cc(F)c(F)c(F)c1.O=Cc1cc(F)c(F)c(F)c1.[2H]CF. The largest absolute Gasteiger partial charge is 0.463 e.